The molecule has 2 aromatic rings. The predicted molar refractivity (Wildman–Crippen MR) is 63.0 cm³/mol. The normalized spacial score (nSPS) is 14.5. The number of rotatable bonds is 2. The van der Waals surface area contributed by atoms with Gasteiger partial charge in [-0.1, -0.05) is 12.1 Å². The van der Waals surface area contributed by atoms with Crippen LogP contribution in [0.4, 0.5) is 8.78 Å². The van der Waals surface area contributed by atoms with E-state index in [-0.39, 0.29) is 12.4 Å². The second kappa shape index (κ2) is 4.51. The van der Waals surface area contributed by atoms with Crippen LogP contribution in [-0.2, 0) is 0 Å². The zero-order valence-electron chi connectivity index (χ0n) is 9.77. The van der Waals surface area contributed by atoms with Gasteiger partial charge in [-0.2, -0.15) is 0 Å². The zero-order valence-corrected chi connectivity index (χ0v) is 9.77. The third-order valence-corrected chi connectivity index (χ3v) is 2.97. The van der Waals surface area contributed by atoms with Crippen molar-refractivity contribution in [2.24, 2.45) is 0 Å². The molecule has 0 amide bonds. The van der Waals surface area contributed by atoms with Gasteiger partial charge in [-0.25, -0.2) is 8.78 Å². The Bertz CT molecular complexity index is 628. The van der Waals surface area contributed by atoms with Crippen LogP contribution in [0.5, 0.6) is 11.5 Å². The molecule has 1 unspecified atom stereocenters. The fourth-order valence-electron chi connectivity index (χ4n) is 1.99. The second-order valence-corrected chi connectivity index (χ2v) is 4.18. The zero-order chi connectivity index (χ0) is 13.4. The third-order valence-electron chi connectivity index (χ3n) is 2.97. The van der Waals surface area contributed by atoms with Crippen molar-refractivity contribution in [3.05, 3.63) is 59.2 Å². The quantitative estimate of drug-likeness (QED) is 0.906. The standard InChI is InChI=1S/C14H10F2O3/c15-9-2-3-10(11(16)6-9)14(17)8-1-4-12-13(5-8)19-7-18-12/h1-6,14,17H,7H2. The molecule has 0 radical (unpaired) electrons. The minimum absolute atomic E-state index is 0.0141. The predicted octanol–water partition coefficient (Wildman–Crippen LogP) is 2.78. The average Bonchev–Trinajstić information content (AvgIpc) is 2.85. The maximum absolute atomic E-state index is 13.6. The van der Waals surface area contributed by atoms with E-state index in [1.807, 2.05) is 0 Å². The van der Waals surface area contributed by atoms with Crippen LogP contribution in [0.15, 0.2) is 36.4 Å². The van der Waals surface area contributed by atoms with Gasteiger partial charge in [-0.05, 0) is 23.8 Å². The molecule has 0 saturated heterocycles. The molecule has 0 fully saturated rings. The van der Waals surface area contributed by atoms with E-state index < -0.39 is 17.7 Å². The van der Waals surface area contributed by atoms with E-state index in [0.717, 1.165) is 12.1 Å². The van der Waals surface area contributed by atoms with Crippen molar-refractivity contribution in [1.82, 2.24) is 0 Å². The lowest BCUT2D eigenvalue weighted by Gasteiger charge is -2.13. The molecule has 1 N–H and O–H groups in total. The van der Waals surface area contributed by atoms with E-state index in [9.17, 15) is 13.9 Å². The first-order valence-electron chi connectivity index (χ1n) is 5.68. The van der Waals surface area contributed by atoms with Crippen LogP contribution >= 0.6 is 0 Å². The first-order chi connectivity index (χ1) is 9.15. The fraction of sp³-hybridized carbons (Fsp3) is 0.143. The van der Waals surface area contributed by atoms with Crippen LogP contribution < -0.4 is 9.47 Å². The Balaban J connectivity index is 1.97. The number of hydrogen-bond donors (Lipinski definition) is 1. The summed E-state index contributed by atoms with van der Waals surface area (Å²) in [4.78, 5) is 0. The van der Waals surface area contributed by atoms with Gasteiger partial charge in [0.15, 0.2) is 11.5 Å². The first-order valence-corrected chi connectivity index (χ1v) is 5.68. The van der Waals surface area contributed by atoms with E-state index in [1.165, 1.54) is 6.07 Å². The molecule has 0 aliphatic carbocycles. The Hall–Kier alpha value is -2.14. The van der Waals surface area contributed by atoms with Crippen molar-refractivity contribution in [2.45, 2.75) is 6.10 Å². The molecule has 98 valence electrons. The Morgan fingerprint density at radius 2 is 1.79 bits per heavy atom. The summed E-state index contributed by atoms with van der Waals surface area (Å²) >= 11 is 0. The van der Waals surface area contributed by atoms with Gasteiger partial charge in [0.05, 0.1) is 0 Å². The molecule has 1 aliphatic rings. The van der Waals surface area contributed by atoms with Gasteiger partial charge in [-0.3, -0.25) is 0 Å². The molecule has 0 bridgehead atoms. The smallest absolute Gasteiger partial charge is 0.231 e. The minimum atomic E-state index is -1.19. The first kappa shape index (κ1) is 11.9. The van der Waals surface area contributed by atoms with Gasteiger partial charge >= 0.3 is 0 Å². The SMILES string of the molecule is OC(c1ccc2c(c1)OCO2)c1ccc(F)cc1F. The number of aliphatic hydroxyl groups excluding tert-OH is 1. The lowest BCUT2D eigenvalue weighted by molar-refractivity contribution is 0.173. The van der Waals surface area contributed by atoms with Crippen molar-refractivity contribution < 1.29 is 23.4 Å². The highest BCUT2D eigenvalue weighted by Gasteiger charge is 2.20. The summed E-state index contributed by atoms with van der Waals surface area (Å²) in [7, 11) is 0. The number of halogens is 2. The molecule has 19 heavy (non-hydrogen) atoms. The van der Waals surface area contributed by atoms with Gasteiger partial charge in [0.1, 0.15) is 17.7 Å². The molecule has 0 aromatic heterocycles. The van der Waals surface area contributed by atoms with E-state index in [2.05, 4.69) is 0 Å². The second-order valence-electron chi connectivity index (χ2n) is 4.18. The number of fused-ring (bicyclic) bond motifs is 1. The van der Waals surface area contributed by atoms with Crippen molar-refractivity contribution in [1.29, 1.82) is 0 Å². The average molecular weight is 264 g/mol. The van der Waals surface area contributed by atoms with Crippen LogP contribution in [-0.4, -0.2) is 11.9 Å². The highest BCUT2D eigenvalue weighted by Crippen LogP contribution is 2.36. The molecule has 1 heterocycles. The van der Waals surface area contributed by atoms with Gasteiger partial charge in [-0.15, -0.1) is 0 Å². The summed E-state index contributed by atoms with van der Waals surface area (Å²) in [6.07, 6.45) is -1.19. The molecule has 3 nitrogen and oxygen atoms in total. The summed E-state index contributed by atoms with van der Waals surface area (Å²) in [6.45, 7) is 0.125. The number of hydrogen-bond acceptors (Lipinski definition) is 3. The molecule has 1 atom stereocenters. The van der Waals surface area contributed by atoms with E-state index in [4.69, 9.17) is 9.47 Å². The molecular formula is C14H10F2O3. The molecule has 2 aromatic carbocycles. The van der Waals surface area contributed by atoms with E-state index in [1.54, 1.807) is 18.2 Å². The van der Waals surface area contributed by atoms with Gasteiger partial charge < -0.3 is 14.6 Å². The highest BCUT2D eigenvalue weighted by atomic mass is 19.1. The lowest BCUT2D eigenvalue weighted by atomic mass is 10.0. The van der Waals surface area contributed by atoms with Crippen molar-refractivity contribution in [2.75, 3.05) is 6.79 Å². The minimum Gasteiger partial charge on any atom is -0.454 e. The molecule has 3 rings (SSSR count). The summed E-state index contributed by atoms with van der Waals surface area (Å²) in [5, 5.41) is 10.1. The van der Waals surface area contributed by atoms with Crippen molar-refractivity contribution in [3.8, 4) is 11.5 Å². The summed E-state index contributed by atoms with van der Waals surface area (Å²) < 4.78 is 36.8. The number of benzene rings is 2. The fourth-order valence-corrected chi connectivity index (χ4v) is 1.99. The van der Waals surface area contributed by atoms with E-state index in [0.29, 0.717) is 17.1 Å². The number of ether oxygens (including phenoxy) is 2. The van der Waals surface area contributed by atoms with Crippen LogP contribution in [0, 0.1) is 11.6 Å². The van der Waals surface area contributed by atoms with Crippen LogP contribution in [0.2, 0.25) is 0 Å². The largest absolute Gasteiger partial charge is 0.454 e. The van der Waals surface area contributed by atoms with Crippen LogP contribution in [0.1, 0.15) is 17.2 Å². The third kappa shape index (κ3) is 2.13. The molecular weight excluding hydrogens is 254 g/mol. The maximum atomic E-state index is 13.6. The van der Waals surface area contributed by atoms with Gasteiger partial charge in [0, 0.05) is 11.6 Å². The summed E-state index contributed by atoms with van der Waals surface area (Å²) in [5.41, 5.74) is 0.468. The van der Waals surface area contributed by atoms with Crippen molar-refractivity contribution >= 4 is 0 Å². The van der Waals surface area contributed by atoms with Crippen molar-refractivity contribution in [3.63, 3.8) is 0 Å². The Morgan fingerprint density at radius 1 is 1.00 bits per heavy atom. The maximum Gasteiger partial charge on any atom is 0.231 e. The number of aliphatic hydroxyl groups is 1. The molecule has 1 aliphatic heterocycles. The Morgan fingerprint density at radius 3 is 2.58 bits per heavy atom. The van der Waals surface area contributed by atoms with Gasteiger partial charge in [0.2, 0.25) is 6.79 Å². The van der Waals surface area contributed by atoms with Crippen LogP contribution in [0.3, 0.4) is 0 Å². The molecule has 0 saturated carbocycles. The van der Waals surface area contributed by atoms with Gasteiger partial charge in [0.25, 0.3) is 0 Å². The monoisotopic (exact) mass is 264 g/mol. The highest BCUT2D eigenvalue weighted by molar-refractivity contribution is 5.46. The molecule has 5 heteroatoms. The van der Waals surface area contributed by atoms with E-state index >= 15 is 0 Å². The topological polar surface area (TPSA) is 38.7 Å². The molecule has 0 spiro atoms. The Labute approximate surface area is 108 Å². The summed E-state index contributed by atoms with van der Waals surface area (Å²) in [5.74, 6) is -0.390. The lowest BCUT2D eigenvalue weighted by Crippen LogP contribution is -2.03. The van der Waals surface area contributed by atoms with Crippen LogP contribution in [0.25, 0.3) is 0 Å². The summed E-state index contributed by atoms with van der Waals surface area (Å²) in [6, 6.07) is 7.90. The Kier molecular flexibility index (Phi) is 2.83.